The molecule has 1 N–H and O–H groups in total. The zero-order valence-electron chi connectivity index (χ0n) is 8.18. The van der Waals surface area contributed by atoms with E-state index in [2.05, 4.69) is 17.2 Å². The zero-order chi connectivity index (χ0) is 9.40. The van der Waals surface area contributed by atoms with Crippen LogP contribution in [0.1, 0.15) is 33.1 Å². The standard InChI is InChI=1S/C9H18N2O/c1-4-6-7-11-9(10-3)8(12)5-2/h4-7H2,1-3H3,(H,10,11). The van der Waals surface area contributed by atoms with Crippen molar-refractivity contribution in [3.05, 3.63) is 0 Å². The fraction of sp³-hybridized carbons (Fsp3) is 0.778. The number of nitrogens with zero attached hydrogens (tertiary/aromatic N) is 1. The van der Waals surface area contributed by atoms with Gasteiger partial charge in [0.1, 0.15) is 0 Å². The molecule has 3 heteroatoms. The third-order valence-electron chi connectivity index (χ3n) is 1.63. The highest BCUT2D eigenvalue weighted by Gasteiger charge is 2.05. The van der Waals surface area contributed by atoms with E-state index in [1.54, 1.807) is 7.05 Å². The minimum Gasteiger partial charge on any atom is -0.367 e. The van der Waals surface area contributed by atoms with Gasteiger partial charge in [-0.2, -0.15) is 0 Å². The number of amidine groups is 1. The molecule has 0 saturated carbocycles. The molecule has 0 aromatic heterocycles. The van der Waals surface area contributed by atoms with Gasteiger partial charge in [0.25, 0.3) is 0 Å². The van der Waals surface area contributed by atoms with Crippen molar-refractivity contribution >= 4 is 11.6 Å². The van der Waals surface area contributed by atoms with Crippen LogP contribution in [0.15, 0.2) is 4.99 Å². The molecule has 0 heterocycles. The molecule has 0 radical (unpaired) electrons. The SMILES string of the molecule is CCCCNC(=NC)C(=O)CC. The first-order chi connectivity index (χ1) is 5.76. The summed E-state index contributed by atoms with van der Waals surface area (Å²) in [6.45, 7) is 4.80. The maximum absolute atomic E-state index is 11.1. The van der Waals surface area contributed by atoms with Crippen molar-refractivity contribution in [3.63, 3.8) is 0 Å². The maximum atomic E-state index is 11.1. The van der Waals surface area contributed by atoms with E-state index in [0.29, 0.717) is 12.3 Å². The number of hydrogen-bond donors (Lipinski definition) is 1. The number of nitrogens with one attached hydrogen (secondary N) is 1. The van der Waals surface area contributed by atoms with Crippen LogP contribution in [0.2, 0.25) is 0 Å². The number of Topliss-reactive ketones (excluding diaryl/α,β-unsaturated/α-hetero) is 1. The highest BCUT2D eigenvalue weighted by atomic mass is 16.1. The van der Waals surface area contributed by atoms with Crippen molar-refractivity contribution in [1.82, 2.24) is 5.32 Å². The van der Waals surface area contributed by atoms with Gasteiger partial charge in [0.15, 0.2) is 11.6 Å². The maximum Gasteiger partial charge on any atom is 0.197 e. The van der Waals surface area contributed by atoms with Gasteiger partial charge in [0.2, 0.25) is 0 Å². The second-order valence-corrected chi connectivity index (χ2v) is 2.63. The minimum atomic E-state index is 0.0913. The van der Waals surface area contributed by atoms with Gasteiger partial charge in [-0.05, 0) is 6.42 Å². The van der Waals surface area contributed by atoms with Crippen LogP contribution in [0, 0.1) is 0 Å². The number of unbranched alkanes of at least 4 members (excludes halogenated alkanes) is 1. The van der Waals surface area contributed by atoms with Gasteiger partial charge in [-0.3, -0.25) is 9.79 Å². The molecular formula is C9H18N2O. The van der Waals surface area contributed by atoms with E-state index in [1.165, 1.54) is 0 Å². The number of ketones is 1. The van der Waals surface area contributed by atoms with Crippen LogP contribution in [0.3, 0.4) is 0 Å². The second kappa shape index (κ2) is 6.83. The normalized spacial score (nSPS) is 11.4. The van der Waals surface area contributed by atoms with Gasteiger partial charge in [0.05, 0.1) is 0 Å². The quantitative estimate of drug-likeness (QED) is 0.385. The summed E-state index contributed by atoms with van der Waals surface area (Å²) < 4.78 is 0. The molecule has 0 saturated heterocycles. The first kappa shape index (κ1) is 11.1. The van der Waals surface area contributed by atoms with E-state index in [-0.39, 0.29) is 5.78 Å². The Hall–Kier alpha value is -0.860. The molecule has 12 heavy (non-hydrogen) atoms. The van der Waals surface area contributed by atoms with E-state index < -0.39 is 0 Å². The average Bonchev–Trinajstić information content (AvgIpc) is 2.11. The van der Waals surface area contributed by atoms with Crippen molar-refractivity contribution in [2.24, 2.45) is 4.99 Å². The summed E-state index contributed by atoms with van der Waals surface area (Å²) in [4.78, 5) is 15.0. The van der Waals surface area contributed by atoms with Crippen LogP contribution < -0.4 is 5.32 Å². The molecule has 0 aromatic carbocycles. The molecule has 0 atom stereocenters. The van der Waals surface area contributed by atoms with E-state index in [0.717, 1.165) is 19.4 Å². The largest absolute Gasteiger partial charge is 0.367 e. The van der Waals surface area contributed by atoms with E-state index >= 15 is 0 Å². The zero-order valence-corrected chi connectivity index (χ0v) is 8.18. The predicted octanol–water partition coefficient (Wildman–Crippen LogP) is 1.38. The Balaban J connectivity index is 3.77. The van der Waals surface area contributed by atoms with Crippen LogP contribution in [-0.2, 0) is 4.79 Å². The van der Waals surface area contributed by atoms with Gasteiger partial charge >= 0.3 is 0 Å². The molecule has 70 valence electrons. The number of hydrogen-bond acceptors (Lipinski definition) is 2. The first-order valence-corrected chi connectivity index (χ1v) is 4.50. The Bertz CT molecular complexity index is 164. The lowest BCUT2D eigenvalue weighted by molar-refractivity contribution is -0.112. The summed E-state index contributed by atoms with van der Waals surface area (Å²) in [5.74, 6) is 0.611. The molecular weight excluding hydrogens is 152 g/mol. The first-order valence-electron chi connectivity index (χ1n) is 4.50. The fourth-order valence-corrected chi connectivity index (χ4v) is 0.853. The number of carbonyl (C=O) groups excluding carboxylic acids is 1. The van der Waals surface area contributed by atoms with Gasteiger partial charge < -0.3 is 5.32 Å². The lowest BCUT2D eigenvalue weighted by Gasteiger charge is -2.05. The van der Waals surface area contributed by atoms with E-state index in [9.17, 15) is 4.79 Å². The van der Waals surface area contributed by atoms with Gasteiger partial charge in [0, 0.05) is 20.0 Å². The van der Waals surface area contributed by atoms with Crippen molar-refractivity contribution in [2.45, 2.75) is 33.1 Å². The molecule has 0 spiro atoms. The van der Waals surface area contributed by atoms with Gasteiger partial charge in [-0.25, -0.2) is 0 Å². The summed E-state index contributed by atoms with van der Waals surface area (Å²) in [5, 5.41) is 3.02. The van der Waals surface area contributed by atoms with E-state index in [4.69, 9.17) is 0 Å². The molecule has 0 unspecified atom stereocenters. The van der Waals surface area contributed by atoms with Gasteiger partial charge in [-0.15, -0.1) is 0 Å². The van der Waals surface area contributed by atoms with Crippen LogP contribution in [0.4, 0.5) is 0 Å². The summed E-state index contributed by atoms with van der Waals surface area (Å²) in [6, 6.07) is 0. The number of aliphatic imine (C=N–C) groups is 1. The minimum absolute atomic E-state index is 0.0913. The second-order valence-electron chi connectivity index (χ2n) is 2.63. The highest BCUT2D eigenvalue weighted by Crippen LogP contribution is 1.87. The summed E-state index contributed by atoms with van der Waals surface area (Å²) in [5.41, 5.74) is 0. The lowest BCUT2D eigenvalue weighted by Crippen LogP contribution is -2.31. The Labute approximate surface area is 74.3 Å². The Morgan fingerprint density at radius 3 is 2.50 bits per heavy atom. The highest BCUT2D eigenvalue weighted by molar-refractivity contribution is 6.38. The summed E-state index contributed by atoms with van der Waals surface area (Å²) in [6.07, 6.45) is 2.73. The summed E-state index contributed by atoms with van der Waals surface area (Å²) in [7, 11) is 1.64. The number of carbonyl (C=O) groups is 1. The van der Waals surface area contributed by atoms with E-state index in [1.807, 2.05) is 6.92 Å². The van der Waals surface area contributed by atoms with Crippen molar-refractivity contribution in [3.8, 4) is 0 Å². The van der Waals surface area contributed by atoms with Crippen LogP contribution >= 0.6 is 0 Å². The Morgan fingerprint density at radius 2 is 2.08 bits per heavy atom. The Morgan fingerprint density at radius 1 is 1.42 bits per heavy atom. The molecule has 0 aromatic rings. The molecule has 0 amide bonds. The van der Waals surface area contributed by atoms with Crippen LogP contribution in [0.25, 0.3) is 0 Å². The summed E-state index contributed by atoms with van der Waals surface area (Å²) >= 11 is 0. The lowest BCUT2D eigenvalue weighted by atomic mass is 10.2. The number of rotatable bonds is 5. The molecule has 0 aliphatic rings. The topological polar surface area (TPSA) is 41.5 Å². The monoisotopic (exact) mass is 170 g/mol. The molecule has 0 rings (SSSR count). The fourth-order valence-electron chi connectivity index (χ4n) is 0.853. The van der Waals surface area contributed by atoms with Crippen LogP contribution in [0.5, 0.6) is 0 Å². The van der Waals surface area contributed by atoms with Crippen molar-refractivity contribution in [2.75, 3.05) is 13.6 Å². The average molecular weight is 170 g/mol. The van der Waals surface area contributed by atoms with Crippen LogP contribution in [-0.4, -0.2) is 25.2 Å². The predicted molar refractivity (Wildman–Crippen MR) is 51.6 cm³/mol. The van der Waals surface area contributed by atoms with Gasteiger partial charge in [-0.1, -0.05) is 20.3 Å². The molecule has 0 aliphatic heterocycles. The molecule has 0 bridgehead atoms. The third-order valence-corrected chi connectivity index (χ3v) is 1.63. The molecule has 0 fully saturated rings. The molecule has 0 aliphatic carbocycles. The van der Waals surface area contributed by atoms with Crippen molar-refractivity contribution < 1.29 is 4.79 Å². The molecule has 3 nitrogen and oxygen atoms in total. The smallest absolute Gasteiger partial charge is 0.197 e. The van der Waals surface area contributed by atoms with Crippen molar-refractivity contribution in [1.29, 1.82) is 0 Å². The Kier molecular flexibility index (Phi) is 6.34. The third kappa shape index (κ3) is 4.11.